The maximum atomic E-state index is 14.9. The largest absolute Gasteiger partial charge is 0.451 e. The number of hydrogen-bond acceptors (Lipinski definition) is 7. The third-order valence-corrected chi connectivity index (χ3v) is 7.56. The highest BCUT2D eigenvalue weighted by Gasteiger charge is 2.35. The molecule has 1 atom stereocenters. The molecule has 0 unspecified atom stereocenters. The highest BCUT2D eigenvalue weighted by atomic mass is 19.4. The molecule has 222 valence electrons. The minimum atomic E-state index is -4.85. The molecule has 0 amide bonds. The number of piperazine rings is 1. The smallest absolute Gasteiger partial charge is 0.416 e. The van der Waals surface area contributed by atoms with Crippen LogP contribution < -0.4 is 21.9 Å². The van der Waals surface area contributed by atoms with Crippen LogP contribution in [-0.4, -0.2) is 45.2 Å². The summed E-state index contributed by atoms with van der Waals surface area (Å²) in [7, 11) is 0. The van der Waals surface area contributed by atoms with Gasteiger partial charge in [-0.1, -0.05) is 36.4 Å². The molecule has 42 heavy (non-hydrogen) atoms. The molecule has 2 aromatic carbocycles. The Kier molecular flexibility index (Phi) is 8.32. The van der Waals surface area contributed by atoms with Gasteiger partial charge in [0.25, 0.3) is 5.56 Å². The molecule has 0 bridgehead atoms. The molecule has 3 heterocycles. The van der Waals surface area contributed by atoms with Gasteiger partial charge in [0.1, 0.15) is 17.8 Å². The molecular formula is C29H30F4N6O3. The van der Waals surface area contributed by atoms with Crippen LogP contribution in [-0.2, 0) is 25.8 Å². The molecule has 13 heteroatoms. The zero-order chi connectivity index (χ0) is 30.0. The second-order valence-corrected chi connectivity index (χ2v) is 10.2. The van der Waals surface area contributed by atoms with Crippen molar-refractivity contribution in [3.63, 3.8) is 0 Å². The highest BCUT2D eigenvalue weighted by molar-refractivity contribution is 5.50. The Balaban J connectivity index is 1.56. The number of nitrogens with zero attached hydrogens (tertiary/aromatic N) is 5. The molecule has 0 radical (unpaired) electrons. The molecule has 4 aromatic rings. The van der Waals surface area contributed by atoms with Crippen molar-refractivity contribution < 1.29 is 22.0 Å². The van der Waals surface area contributed by atoms with E-state index in [2.05, 4.69) is 9.88 Å². The first-order chi connectivity index (χ1) is 20.0. The maximum Gasteiger partial charge on any atom is 0.416 e. The van der Waals surface area contributed by atoms with Crippen molar-refractivity contribution in [2.45, 2.75) is 38.8 Å². The monoisotopic (exact) mass is 586 g/mol. The van der Waals surface area contributed by atoms with E-state index in [0.29, 0.717) is 38.3 Å². The van der Waals surface area contributed by atoms with Gasteiger partial charge in [0.15, 0.2) is 6.39 Å². The first kappa shape index (κ1) is 29.3. The van der Waals surface area contributed by atoms with E-state index < -0.39 is 47.0 Å². The van der Waals surface area contributed by atoms with Gasteiger partial charge in [-0.3, -0.25) is 18.8 Å². The van der Waals surface area contributed by atoms with Crippen molar-refractivity contribution in [3.8, 4) is 0 Å². The Hall–Kier alpha value is -4.23. The Bertz CT molecular complexity index is 1640. The van der Waals surface area contributed by atoms with Gasteiger partial charge in [-0.25, -0.2) is 14.2 Å². The zero-order valence-corrected chi connectivity index (χ0v) is 22.9. The summed E-state index contributed by atoms with van der Waals surface area (Å²) < 4.78 is 63.4. The Morgan fingerprint density at radius 3 is 2.33 bits per heavy atom. The van der Waals surface area contributed by atoms with Gasteiger partial charge in [0, 0.05) is 50.0 Å². The first-order valence-electron chi connectivity index (χ1n) is 13.4. The molecule has 1 aliphatic rings. The third-order valence-electron chi connectivity index (χ3n) is 7.56. The normalized spacial score (nSPS) is 15.2. The summed E-state index contributed by atoms with van der Waals surface area (Å²) in [6.07, 6.45) is -1.94. The molecule has 9 nitrogen and oxygen atoms in total. The fourth-order valence-corrected chi connectivity index (χ4v) is 5.32. The predicted octanol–water partition coefficient (Wildman–Crippen LogP) is 3.53. The minimum Gasteiger partial charge on any atom is -0.451 e. The fourth-order valence-electron chi connectivity index (χ4n) is 5.32. The Morgan fingerprint density at radius 2 is 1.69 bits per heavy atom. The highest BCUT2D eigenvalue weighted by Crippen LogP contribution is 2.33. The van der Waals surface area contributed by atoms with E-state index in [-0.39, 0.29) is 17.9 Å². The van der Waals surface area contributed by atoms with Crippen molar-refractivity contribution in [3.05, 3.63) is 116 Å². The van der Waals surface area contributed by atoms with Crippen molar-refractivity contribution in [1.29, 1.82) is 0 Å². The molecule has 2 aromatic heterocycles. The van der Waals surface area contributed by atoms with Gasteiger partial charge in [-0.15, -0.1) is 0 Å². The quantitative estimate of drug-likeness (QED) is 0.315. The lowest BCUT2D eigenvalue weighted by Gasteiger charge is -2.36. The SMILES string of the molecule is Cc1c(N2CCN(Cc3cocn3)CC2)c(=O)n(C[C@@H](N)c2ccccc2)c(=O)n1Cc1c(F)cccc1C(F)(F)F. The number of rotatable bonds is 8. The molecule has 0 saturated carbocycles. The van der Waals surface area contributed by atoms with E-state index in [1.54, 1.807) is 36.6 Å². The summed E-state index contributed by atoms with van der Waals surface area (Å²) in [5.74, 6) is -1.10. The molecule has 5 rings (SSSR count). The number of oxazole rings is 1. The van der Waals surface area contributed by atoms with E-state index in [4.69, 9.17) is 10.2 Å². The van der Waals surface area contributed by atoms with Crippen molar-refractivity contribution in [2.24, 2.45) is 5.73 Å². The van der Waals surface area contributed by atoms with E-state index in [1.807, 2.05) is 4.90 Å². The van der Waals surface area contributed by atoms with Gasteiger partial charge >= 0.3 is 11.9 Å². The number of nitrogens with two attached hydrogens (primary N) is 1. The average Bonchev–Trinajstić information content (AvgIpc) is 3.48. The standard InChI is InChI=1S/C29H30F4N6O3/c1-19-26(37-12-10-36(11-13-37)14-21-17-42-18-35-21)27(40)39(16-25(34)20-6-3-2-4-7-20)28(41)38(19)15-22-23(29(31,32)33)8-5-9-24(22)30/h2-9,17-18,25H,10-16,34H2,1H3/t25-/m1/s1. The van der Waals surface area contributed by atoms with Crippen LogP contribution in [0.5, 0.6) is 0 Å². The van der Waals surface area contributed by atoms with E-state index in [1.165, 1.54) is 13.3 Å². The van der Waals surface area contributed by atoms with Gasteiger partial charge in [-0.05, 0) is 24.6 Å². The summed E-state index contributed by atoms with van der Waals surface area (Å²) in [4.78, 5) is 35.7. The number of hydrogen-bond donors (Lipinski definition) is 1. The molecule has 1 fully saturated rings. The lowest BCUT2D eigenvalue weighted by Crippen LogP contribution is -2.51. The second-order valence-electron chi connectivity index (χ2n) is 10.2. The topological polar surface area (TPSA) is 103 Å². The van der Waals surface area contributed by atoms with Crippen LogP contribution in [0.15, 0.2) is 75.2 Å². The number of alkyl halides is 3. The van der Waals surface area contributed by atoms with Crippen LogP contribution in [0.25, 0.3) is 0 Å². The predicted molar refractivity (Wildman–Crippen MR) is 148 cm³/mol. The van der Waals surface area contributed by atoms with E-state index >= 15 is 0 Å². The Labute approximate surface area is 238 Å². The minimum absolute atomic E-state index is 0.149. The van der Waals surface area contributed by atoms with E-state index in [0.717, 1.165) is 33.0 Å². The molecule has 1 saturated heterocycles. The van der Waals surface area contributed by atoms with Crippen molar-refractivity contribution >= 4 is 5.69 Å². The number of halogens is 4. The van der Waals surface area contributed by atoms with Crippen LogP contribution in [0.4, 0.5) is 23.2 Å². The number of benzene rings is 2. The van der Waals surface area contributed by atoms with Gasteiger partial charge in [0.05, 0.1) is 24.3 Å². The first-order valence-corrected chi connectivity index (χ1v) is 13.4. The van der Waals surface area contributed by atoms with Gasteiger partial charge in [0.2, 0.25) is 0 Å². The average molecular weight is 587 g/mol. The summed E-state index contributed by atoms with van der Waals surface area (Å²) in [5, 5.41) is 0. The van der Waals surface area contributed by atoms with Crippen LogP contribution in [0.3, 0.4) is 0 Å². The van der Waals surface area contributed by atoms with Gasteiger partial charge < -0.3 is 15.1 Å². The summed E-state index contributed by atoms with van der Waals surface area (Å²) >= 11 is 0. The molecular weight excluding hydrogens is 556 g/mol. The second kappa shape index (κ2) is 11.9. The molecule has 0 spiro atoms. The Morgan fingerprint density at radius 1 is 0.976 bits per heavy atom. The van der Waals surface area contributed by atoms with Crippen LogP contribution >= 0.6 is 0 Å². The zero-order valence-electron chi connectivity index (χ0n) is 22.9. The molecule has 2 N–H and O–H groups in total. The maximum absolute atomic E-state index is 14.9. The fraction of sp³-hybridized carbons (Fsp3) is 0.345. The number of aromatic nitrogens is 3. The number of anilines is 1. The van der Waals surface area contributed by atoms with Crippen LogP contribution in [0.2, 0.25) is 0 Å². The summed E-state index contributed by atoms with van der Waals surface area (Å²) in [5.41, 5.74) is 4.78. The van der Waals surface area contributed by atoms with Crippen molar-refractivity contribution in [2.75, 3.05) is 31.1 Å². The van der Waals surface area contributed by atoms with Crippen molar-refractivity contribution in [1.82, 2.24) is 19.0 Å². The molecule has 1 aliphatic heterocycles. The lowest BCUT2D eigenvalue weighted by molar-refractivity contribution is -0.138. The van der Waals surface area contributed by atoms with E-state index in [9.17, 15) is 27.2 Å². The van der Waals surface area contributed by atoms with Crippen LogP contribution in [0.1, 0.15) is 34.1 Å². The van der Waals surface area contributed by atoms with Gasteiger partial charge in [-0.2, -0.15) is 13.2 Å². The lowest BCUT2D eigenvalue weighted by atomic mass is 10.1. The third kappa shape index (κ3) is 6.02. The summed E-state index contributed by atoms with van der Waals surface area (Å²) in [6.45, 7) is 3.03. The molecule has 0 aliphatic carbocycles. The summed E-state index contributed by atoms with van der Waals surface area (Å²) in [6, 6.07) is 10.8. The van der Waals surface area contributed by atoms with Crippen LogP contribution in [0, 0.1) is 12.7 Å².